The van der Waals surface area contributed by atoms with Crippen LogP contribution in [0.4, 0.5) is 5.69 Å². The minimum atomic E-state index is 0.822. The first kappa shape index (κ1) is 19.1. The molecular formula is C18H23N5S3. The van der Waals surface area contributed by atoms with Gasteiger partial charge in [0.15, 0.2) is 0 Å². The van der Waals surface area contributed by atoms with Gasteiger partial charge >= 0.3 is 0 Å². The summed E-state index contributed by atoms with van der Waals surface area (Å²) in [7, 11) is 3.87. The van der Waals surface area contributed by atoms with E-state index in [0.29, 0.717) is 0 Å². The number of fused-ring (bicyclic) bond motifs is 1. The smallest absolute Gasteiger partial charge is 0.141 e. The second kappa shape index (κ2) is 8.37. The molecule has 0 radical (unpaired) electrons. The molecule has 8 heteroatoms. The molecule has 5 nitrogen and oxygen atoms in total. The number of nitrogens with zero attached hydrogens (tertiary/aromatic N) is 4. The molecule has 138 valence electrons. The van der Waals surface area contributed by atoms with Crippen molar-refractivity contribution in [2.45, 2.75) is 24.5 Å². The number of hydrogen-bond acceptors (Lipinski definition) is 7. The van der Waals surface area contributed by atoms with E-state index in [2.05, 4.69) is 34.8 Å². The molecule has 0 aliphatic heterocycles. The van der Waals surface area contributed by atoms with Crippen LogP contribution < -0.4 is 5.73 Å². The Morgan fingerprint density at radius 1 is 1.38 bits per heavy atom. The van der Waals surface area contributed by atoms with E-state index in [4.69, 9.17) is 10.7 Å². The zero-order valence-corrected chi connectivity index (χ0v) is 17.9. The lowest BCUT2D eigenvalue weighted by Crippen LogP contribution is -2.27. The summed E-state index contributed by atoms with van der Waals surface area (Å²) in [5.74, 6) is 1.98. The highest BCUT2D eigenvalue weighted by Crippen LogP contribution is 2.42. The van der Waals surface area contributed by atoms with Crippen LogP contribution >= 0.6 is 34.4 Å². The highest BCUT2D eigenvalue weighted by molar-refractivity contribution is 8.01. The summed E-state index contributed by atoms with van der Waals surface area (Å²) in [5.41, 5.74) is 9.28. The minimum Gasteiger partial charge on any atom is -0.397 e. The summed E-state index contributed by atoms with van der Waals surface area (Å²) in [6.45, 7) is 5.16. The van der Waals surface area contributed by atoms with Crippen molar-refractivity contribution in [2.24, 2.45) is 4.99 Å². The lowest BCUT2D eigenvalue weighted by Gasteiger charge is -2.20. The summed E-state index contributed by atoms with van der Waals surface area (Å²) in [4.78, 5) is 16.9. The molecule has 3 heterocycles. The van der Waals surface area contributed by atoms with Gasteiger partial charge in [0.2, 0.25) is 0 Å². The molecule has 0 amide bonds. The third-order valence-electron chi connectivity index (χ3n) is 4.04. The number of pyridine rings is 1. The summed E-state index contributed by atoms with van der Waals surface area (Å²) < 4.78 is 1.14. The fraction of sp³-hybridized carbons (Fsp3) is 0.389. The first-order valence-corrected chi connectivity index (χ1v) is 11.2. The standard InChI is InChI=1S/C18H23N5S3/c1-5-8-25-18-14(19)13-11(15(20-3)23(4)6-2)10-12(22-17(13)26-18)16-21-7-9-24-16/h7,9-10H,5-6,8,19H2,1-4H3. The Hall–Kier alpha value is -1.64. The van der Waals surface area contributed by atoms with E-state index in [9.17, 15) is 0 Å². The zero-order chi connectivity index (χ0) is 18.7. The van der Waals surface area contributed by atoms with Crippen molar-refractivity contribution in [3.05, 3.63) is 23.2 Å². The van der Waals surface area contributed by atoms with E-state index in [0.717, 1.165) is 60.9 Å². The van der Waals surface area contributed by atoms with Gasteiger partial charge < -0.3 is 10.6 Å². The lowest BCUT2D eigenvalue weighted by atomic mass is 10.1. The van der Waals surface area contributed by atoms with E-state index in [1.165, 1.54) is 0 Å². The molecule has 2 N–H and O–H groups in total. The molecule has 0 atom stereocenters. The van der Waals surface area contributed by atoms with Gasteiger partial charge in [-0.05, 0) is 25.2 Å². The van der Waals surface area contributed by atoms with Gasteiger partial charge in [0, 0.05) is 43.2 Å². The Bertz CT molecular complexity index is 915. The Labute approximate surface area is 166 Å². The van der Waals surface area contributed by atoms with Gasteiger partial charge in [0.05, 0.1) is 9.90 Å². The predicted molar refractivity (Wildman–Crippen MR) is 117 cm³/mol. The van der Waals surface area contributed by atoms with Crippen LogP contribution in [0.5, 0.6) is 0 Å². The van der Waals surface area contributed by atoms with E-state index in [1.54, 1.807) is 34.4 Å². The number of rotatable bonds is 6. The maximum atomic E-state index is 6.55. The van der Waals surface area contributed by atoms with Crippen LogP contribution in [-0.4, -0.2) is 47.1 Å². The SMILES string of the molecule is CCCSc1sc2nc(-c3nccs3)cc(C(=NC)N(C)CC)c2c1N. The molecule has 0 fully saturated rings. The molecule has 0 bridgehead atoms. The molecular weight excluding hydrogens is 382 g/mol. The first-order chi connectivity index (χ1) is 12.6. The number of nitrogen functional groups attached to an aromatic ring is 1. The van der Waals surface area contributed by atoms with Gasteiger partial charge in [0.1, 0.15) is 21.4 Å². The summed E-state index contributed by atoms with van der Waals surface area (Å²) in [5, 5.41) is 3.89. The number of amidine groups is 1. The van der Waals surface area contributed by atoms with Gasteiger partial charge in [-0.1, -0.05) is 6.92 Å². The van der Waals surface area contributed by atoms with Gasteiger partial charge in [-0.25, -0.2) is 9.97 Å². The number of thiophene rings is 1. The van der Waals surface area contributed by atoms with Crippen LogP contribution in [0.3, 0.4) is 0 Å². The number of thiazole rings is 1. The molecule has 26 heavy (non-hydrogen) atoms. The van der Waals surface area contributed by atoms with Crippen molar-refractivity contribution in [2.75, 3.05) is 32.1 Å². The van der Waals surface area contributed by atoms with E-state index < -0.39 is 0 Å². The highest BCUT2D eigenvalue weighted by atomic mass is 32.2. The van der Waals surface area contributed by atoms with Crippen molar-refractivity contribution >= 4 is 56.2 Å². The number of aliphatic imine (C=N–C) groups is 1. The van der Waals surface area contributed by atoms with Crippen LogP contribution in [-0.2, 0) is 0 Å². The van der Waals surface area contributed by atoms with E-state index in [1.807, 2.05) is 25.7 Å². The molecule has 0 saturated heterocycles. The normalized spacial score (nSPS) is 12.1. The number of aromatic nitrogens is 2. The number of hydrogen-bond donors (Lipinski definition) is 1. The third-order valence-corrected chi connectivity index (χ3v) is 7.43. The Balaban J connectivity index is 2.26. The topological polar surface area (TPSA) is 67.4 Å². The molecule has 3 rings (SSSR count). The van der Waals surface area contributed by atoms with Crippen molar-refractivity contribution in [1.82, 2.24) is 14.9 Å². The molecule has 0 spiro atoms. The molecule has 3 aromatic heterocycles. The monoisotopic (exact) mass is 405 g/mol. The average molecular weight is 406 g/mol. The fourth-order valence-corrected chi connectivity index (χ4v) is 5.51. The van der Waals surface area contributed by atoms with Gasteiger partial charge in [-0.3, -0.25) is 4.99 Å². The maximum Gasteiger partial charge on any atom is 0.141 e. The lowest BCUT2D eigenvalue weighted by molar-refractivity contribution is 0.536. The Kier molecular flexibility index (Phi) is 6.16. The number of nitrogens with two attached hydrogens (primary N) is 1. The van der Waals surface area contributed by atoms with Crippen LogP contribution in [0.2, 0.25) is 0 Å². The molecule has 0 aromatic carbocycles. The van der Waals surface area contributed by atoms with Crippen molar-refractivity contribution < 1.29 is 0 Å². The largest absolute Gasteiger partial charge is 0.397 e. The number of thioether (sulfide) groups is 1. The third kappa shape index (κ3) is 3.58. The number of anilines is 1. The van der Waals surface area contributed by atoms with Gasteiger partial charge in [-0.15, -0.1) is 34.4 Å². The van der Waals surface area contributed by atoms with E-state index in [-0.39, 0.29) is 0 Å². The molecule has 0 aliphatic carbocycles. The predicted octanol–water partition coefficient (Wildman–Crippen LogP) is 4.83. The zero-order valence-electron chi connectivity index (χ0n) is 15.4. The van der Waals surface area contributed by atoms with Crippen LogP contribution in [0, 0.1) is 0 Å². The summed E-state index contributed by atoms with van der Waals surface area (Å²) >= 11 is 5.06. The molecule has 3 aromatic rings. The van der Waals surface area contributed by atoms with Crippen molar-refractivity contribution in [3.8, 4) is 10.7 Å². The molecule has 0 saturated carbocycles. The van der Waals surface area contributed by atoms with Crippen molar-refractivity contribution in [3.63, 3.8) is 0 Å². The van der Waals surface area contributed by atoms with E-state index >= 15 is 0 Å². The van der Waals surface area contributed by atoms with Crippen molar-refractivity contribution in [1.29, 1.82) is 0 Å². The first-order valence-electron chi connectivity index (χ1n) is 8.54. The quantitative estimate of drug-likeness (QED) is 0.361. The Morgan fingerprint density at radius 3 is 2.81 bits per heavy atom. The Morgan fingerprint density at radius 2 is 2.19 bits per heavy atom. The average Bonchev–Trinajstić information content (AvgIpc) is 3.29. The van der Waals surface area contributed by atoms with Crippen LogP contribution in [0.25, 0.3) is 20.9 Å². The molecule has 0 aliphatic rings. The minimum absolute atomic E-state index is 0.822. The second-order valence-corrected chi connectivity index (χ2v) is 9.04. The molecule has 0 unspecified atom stereocenters. The van der Waals surface area contributed by atoms with Gasteiger partial charge in [0.25, 0.3) is 0 Å². The maximum absolute atomic E-state index is 6.55. The summed E-state index contributed by atoms with van der Waals surface area (Å²) in [6, 6.07) is 2.08. The fourth-order valence-electron chi connectivity index (χ4n) is 2.69. The summed E-state index contributed by atoms with van der Waals surface area (Å²) in [6.07, 6.45) is 2.92. The highest BCUT2D eigenvalue weighted by Gasteiger charge is 2.21. The van der Waals surface area contributed by atoms with Crippen LogP contribution in [0.1, 0.15) is 25.8 Å². The van der Waals surface area contributed by atoms with Crippen LogP contribution in [0.15, 0.2) is 26.8 Å². The second-order valence-electron chi connectivity index (χ2n) is 5.79. The van der Waals surface area contributed by atoms with Gasteiger partial charge in [-0.2, -0.15) is 0 Å².